The van der Waals surface area contributed by atoms with Crippen LogP contribution in [0.25, 0.3) is 0 Å². The minimum atomic E-state index is -0.164. The third-order valence-electron chi connectivity index (χ3n) is 4.83. The van der Waals surface area contributed by atoms with E-state index in [4.69, 9.17) is 0 Å². The average Bonchev–Trinajstić information content (AvgIpc) is 2.78. The molecule has 0 bridgehead atoms. The minimum Gasteiger partial charge on any atom is -0.306 e. The number of benzene rings is 1. The lowest BCUT2D eigenvalue weighted by Gasteiger charge is -2.14. The first kappa shape index (κ1) is 17.2. The number of aryl methyl sites for hydroxylation is 4. The molecule has 1 aromatic heterocycles. The number of fused-ring (bicyclic) bond motifs is 1. The highest BCUT2D eigenvalue weighted by Gasteiger charge is 2.23. The maximum absolute atomic E-state index is 12.9. The Morgan fingerprint density at radius 2 is 1.83 bits per heavy atom. The zero-order chi connectivity index (χ0) is 17.3. The summed E-state index contributed by atoms with van der Waals surface area (Å²) in [6.07, 6.45) is 4.58. The molecule has 0 spiro atoms. The highest BCUT2D eigenvalue weighted by Crippen LogP contribution is 2.28. The van der Waals surface area contributed by atoms with Crippen LogP contribution in [0.5, 0.6) is 0 Å². The Morgan fingerprint density at radius 3 is 2.62 bits per heavy atom. The van der Waals surface area contributed by atoms with Gasteiger partial charge in [-0.15, -0.1) is 10.2 Å². The van der Waals surface area contributed by atoms with Gasteiger partial charge in [0.05, 0.1) is 5.25 Å². The van der Waals surface area contributed by atoms with E-state index in [1.165, 1.54) is 30.2 Å². The van der Waals surface area contributed by atoms with Crippen molar-refractivity contribution < 1.29 is 4.79 Å². The monoisotopic (exact) mass is 343 g/mol. The lowest BCUT2D eigenvalue weighted by Crippen LogP contribution is -2.16. The SMILES string of the molecule is Cc1cc(C)c(C(=O)[C@H](C)Sc2nnc3n2CCCCC3)cc1C. The van der Waals surface area contributed by atoms with Crippen LogP contribution in [-0.4, -0.2) is 25.8 Å². The van der Waals surface area contributed by atoms with E-state index in [9.17, 15) is 4.79 Å². The van der Waals surface area contributed by atoms with Crippen LogP contribution in [0.3, 0.4) is 0 Å². The molecule has 1 aliphatic heterocycles. The summed E-state index contributed by atoms with van der Waals surface area (Å²) in [5.74, 6) is 1.24. The first-order chi connectivity index (χ1) is 11.5. The van der Waals surface area contributed by atoms with E-state index in [1.807, 2.05) is 19.9 Å². The second-order valence-corrected chi connectivity index (χ2v) is 8.04. The van der Waals surface area contributed by atoms with E-state index in [0.717, 1.165) is 47.1 Å². The number of nitrogens with zero attached hydrogens (tertiary/aromatic N) is 3. The molecule has 0 saturated heterocycles. The van der Waals surface area contributed by atoms with Crippen molar-refractivity contribution in [3.05, 3.63) is 40.2 Å². The quantitative estimate of drug-likeness (QED) is 0.614. The Morgan fingerprint density at radius 1 is 1.08 bits per heavy atom. The van der Waals surface area contributed by atoms with Gasteiger partial charge in [0.15, 0.2) is 10.9 Å². The van der Waals surface area contributed by atoms with E-state index in [0.29, 0.717) is 0 Å². The van der Waals surface area contributed by atoms with E-state index < -0.39 is 0 Å². The van der Waals surface area contributed by atoms with Crippen LogP contribution in [0.1, 0.15) is 59.1 Å². The summed E-state index contributed by atoms with van der Waals surface area (Å²) in [6.45, 7) is 9.09. The number of thioether (sulfide) groups is 1. The molecular formula is C19H25N3OS. The molecule has 24 heavy (non-hydrogen) atoms. The molecule has 0 amide bonds. The van der Waals surface area contributed by atoms with Crippen LogP contribution in [0.4, 0.5) is 0 Å². The smallest absolute Gasteiger partial charge is 0.191 e. The molecule has 0 unspecified atom stereocenters. The molecule has 0 fully saturated rings. The fourth-order valence-electron chi connectivity index (χ4n) is 3.20. The standard InChI is InChI=1S/C19H25N3OS/c1-12-10-14(3)16(11-13(12)2)18(23)15(4)24-19-21-20-17-8-6-5-7-9-22(17)19/h10-11,15H,5-9H2,1-4H3/t15-/m0/s1. The minimum absolute atomic E-state index is 0.164. The summed E-state index contributed by atoms with van der Waals surface area (Å²) in [5, 5.41) is 9.38. The van der Waals surface area contributed by atoms with Gasteiger partial charge in [-0.3, -0.25) is 4.79 Å². The van der Waals surface area contributed by atoms with Crippen molar-refractivity contribution in [2.75, 3.05) is 0 Å². The molecule has 4 nitrogen and oxygen atoms in total. The van der Waals surface area contributed by atoms with E-state index in [1.54, 1.807) is 0 Å². The zero-order valence-electron chi connectivity index (χ0n) is 14.9. The van der Waals surface area contributed by atoms with Gasteiger partial charge >= 0.3 is 0 Å². The van der Waals surface area contributed by atoms with E-state index in [2.05, 4.69) is 34.7 Å². The molecule has 0 radical (unpaired) electrons. The summed E-state index contributed by atoms with van der Waals surface area (Å²) in [5.41, 5.74) is 4.27. The number of Topliss-reactive ketones (excluding diaryl/α,β-unsaturated/α-hetero) is 1. The van der Waals surface area contributed by atoms with Gasteiger partial charge in [0.1, 0.15) is 5.82 Å². The molecule has 0 N–H and O–H groups in total. The van der Waals surface area contributed by atoms with Crippen LogP contribution in [0.15, 0.2) is 17.3 Å². The molecule has 0 aliphatic carbocycles. The number of hydrogen-bond donors (Lipinski definition) is 0. The van der Waals surface area contributed by atoms with Crippen molar-refractivity contribution in [1.82, 2.24) is 14.8 Å². The van der Waals surface area contributed by atoms with Crippen LogP contribution in [-0.2, 0) is 13.0 Å². The van der Waals surface area contributed by atoms with Gasteiger partial charge < -0.3 is 4.57 Å². The number of aromatic nitrogens is 3. The largest absolute Gasteiger partial charge is 0.306 e. The zero-order valence-corrected chi connectivity index (χ0v) is 15.7. The summed E-state index contributed by atoms with van der Waals surface area (Å²) < 4.78 is 2.20. The Balaban J connectivity index is 1.80. The fourth-order valence-corrected chi connectivity index (χ4v) is 4.16. The van der Waals surface area contributed by atoms with Crippen molar-refractivity contribution in [3.8, 4) is 0 Å². The van der Waals surface area contributed by atoms with E-state index >= 15 is 0 Å². The van der Waals surface area contributed by atoms with Gasteiger partial charge in [-0.1, -0.05) is 24.2 Å². The number of ketones is 1. The fraction of sp³-hybridized carbons (Fsp3) is 0.526. The van der Waals surface area contributed by atoms with Crippen LogP contribution < -0.4 is 0 Å². The predicted octanol–water partition coefficient (Wildman–Crippen LogP) is 4.29. The number of carbonyl (C=O) groups excluding carboxylic acids is 1. The third kappa shape index (κ3) is 3.41. The maximum Gasteiger partial charge on any atom is 0.191 e. The molecule has 0 saturated carbocycles. The number of rotatable bonds is 4. The lowest BCUT2D eigenvalue weighted by atomic mass is 9.97. The summed E-state index contributed by atoms with van der Waals surface area (Å²) in [7, 11) is 0. The van der Waals surface area contributed by atoms with Crippen molar-refractivity contribution in [2.24, 2.45) is 0 Å². The third-order valence-corrected chi connectivity index (χ3v) is 5.91. The van der Waals surface area contributed by atoms with Crippen LogP contribution in [0, 0.1) is 20.8 Å². The molecule has 1 aliphatic rings. The summed E-state index contributed by atoms with van der Waals surface area (Å²) in [6, 6.07) is 4.12. The molecule has 1 aromatic carbocycles. The first-order valence-corrected chi connectivity index (χ1v) is 9.56. The molecule has 128 valence electrons. The molecule has 2 heterocycles. The lowest BCUT2D eigenvalue weighted by molar-refractivity contribution is 0.0993. The van der Waals surface area contributed by atoms with Gasteiger partial charge in [-0.25, -0.2) is 0 Å². The molecule has 2 aromatic rings. The topological polar surface area (TPSA) is 47.8 Å². The number of hydrogen-bond acceptors (Lipinski definition) is 4. The molecule has 3 rings (SSSR count). The van der Waals surface area contributed by atoms with Crippen molar-refractivity contribution in [1.29, 1.82) is 0 Å². The molecular weight excluding hydrogens is 318 g/mol. The van der Waals surface area contributed by atoms with E-state index in [-0.39, 0.29) is 11.0 Å². The molecule has 1 atom stereocenters. The van der Waals surface area contributed by atoms with Crippen molar-refractivity contribution in [3.63, 3.8) is 0 Å². The highest BCUT2D eigenvalue weighted by molar-refractivity contribution is 8.00. The summed E-state index contributed by atoms with van der Waals surface area (Å²) >= 11 is 1.54. The van der Waals surface area contributed by atoms with Gasteiger partial charge in [-0.05, 0) is 63.3 Å². The van der Waals surface area contributed by atoms with Crippen LogP contribution >= 0.6 is 11.8 Å². The average molecular weight is 343 g/mol. The Kier molecular flexibility index (Phi) is 5.09. The van der Waals surface area contributed by atoms with Gasteiger partial charge in [0.2, 0.25) is 0 Å². The van der Waals surface area contributed by atoms with Crippen LogP contribution in [0.2, 0.25) is 0 Å². The van der Waals surface area contributed by atoms with Crippen molar-refractivity contribution in [2.45, 2.75) is 70.3 Å². The van der Waals surface area contributed by atoms with Gasteiger partial charge in [0, 0.05) is 18.5 Å². The Hall–Kier alpha value is -1.62. The maximum atomic E-state index is 12.9. The van der Waals surface area contributed by atoms with Gasteiger partial charge in [0.25, 0.3) is 0 Å². The second-order valence-electron chi connectivity index (χ2n) is 6.74. The summed E-state index contributed by atoms with van der Waals surface area (Å²) in [4.78, 5) is 12.9. The van der Waals surface area contributed by atoms with Gasteiger partial charge in [-0.2, -0.15) is 0 Å². The second kappa shape index (κ2) is 7.09. The first-order valence-electron chi connectivity index (χ1n) is 8.68. The molecule has 5 heteroatoms. The normalized spacial score (nSPS) is 15.7. The van der Waals surface area contributed by atoms with Crippen molar-refractivity contribution >= 4 is 17.5 Å². The predicted molar refractivity (Wildman–Crippen MR) is 97.9 cm³/mol. The highest BCUT2D eigenvalue weighted by atomic mass is 32.2. The number of carbonyl (C=O) groups is 1. The Labute approximate surface area is 148 Å². The Bertz CT molecular complexity index is 766.